The fourth-order valence-electron chi connectivity index (χ4n) is 1.77. The number of hydrogen-bond acceptors (Lipinski definition) is 3. The Kier molecular flexibility index (Phi) is 2.10. The monoisotopic (exact) mass is 198 g/mol. The van der Waals surface area contributed by atoms with E-state index in [9.17, 15) is 4.79 Å². The maximum atomic E-state index is 11.5. The van der Waals surface area contributed by atoms with Gasteiger partial charge in [-0.05, 0) is 12.1 Å². The lowest BCUT2D eigenvalue weighted by molar-refractivity contribution is -0.108. The molecular weight excluding hydrogens is 188 g/mol. The van der Waals surface area contributed by atoms with Gasteiger partial charge in [-0.25, -0.2) is 4.99 Å². The summed E-state index contributed by atoms with van der Waals surface area (Å²) in [5.41, 5.74) is 3.48. The number of para-hydroxylation sites is 1. The molecule has 0 radical (unpaired) electrons. The Morgan fingerprint density at radius 1 is 1.13 bits per heavy atom. The molecule has 0 saturated carbocycles. The lowest BCUT2D eigenvalue weighted by atomic mass is 9.97. The van der Waals surface area contributed by atoms with Crippen LogP contribution in [0.1, 0.15) is 5.56 Å². The normalized spacial score (nSPS) is 16.1. The summed E-state index contributed by atoms with van der Waals surface area (Å²) in [4.78, 5) is 15.8. The van der Waals surface area contributed by atoms with Crippen LogP contribution < -0.4 is 6.15 Å². The number of fused-ring (bicyclic) bond motifs is 3. The van der Waals surface area contributed by atoms with Crippen LogP contribution in [0.5, 0.6) is 0 Å². The van der Waals surface area contributed by atoms with Crippen LogP contribution in [0.15, 0.2) is 47.5 Å². The van der Waals surface area contributed by atoms with Gasteiger partial charge in [0.15, 0.2) is 0 Å². The maximum Gasteiger partial charge on any atom is 0.204 e. The summed E-state index contributed by atoms with van der Waals surface area (Å²) in [5, 5.41) is 0. The molecule has 0 atom stereocenters. The summed E-state index contributed by atoms with van der Waals surface area (Å²) in [6, 6.07) is 7.80. The molecule has 1 heterocycles. The van der Waals surface area contributed by atoms with Crippen molar-refractivity contribution in [3.63, 3.8) is 0 Å². The topological polar surface area (TPSA) is 64.4 Å². The molecule has 0 unspecified atom stereocenters. The fraction of sp³-hybridized carbons (Fsp3) is 0. The Hall–Kier alpha value is -2.00. The van der Waals surface area contributed by atoms with Gasteiger partial charge in [0.2, 0.25) is 5.78 Å². The lowest BCUT2D eigenvalue weighted by Crippen LogP contribution is -2.12. The van der Waals surface area contributed by atoms with E-state index in [1.54, 1.807) is 12.2 Å². The van der Waals surface area contributed by atoms with E-state index in [1.807, 2.05) is 30.3 Å². The zero-order chi connectivity index (χ0) is 9.54. The van der Waals surface area contributed by atoms with Gasteiger partial charge in [-0.1, -0.05) is 30.4 Å². The third-order valence-corrected chi connectivity index (χ3v) is 2.43. The van der Waals surface area contributed by atoms with Gasteiger partial charge in [-0.15, -0.1) is 0 Å². The largest absolute Gasteiger partial charge is 0.344 e. The molecular formula is C12H10N2O. The maximum absolute atomic E-state index is 11.5. The van der Waals surface area contributed by atoms with Crippen LogP contribution >= 0.6 is 0 Å². The molecule has 74 valence electrons. The number of carbonyl (C=O) groups excluding carboxylic acids is 1. The van der Waals surface area contributed by atoms with Crippen LogP contribution in [-0.4, -0.2) is 11.5 Å². The first kappa shape index (κ1) is 9.55. The molecule has 3 N–H and O–H groups in total. The molecule has 1 aliphatic heterocycles. The average molecular weight is 198 g/mol. The molecule has 3 heteroatoms. The molecule has 0 aromatic heterocycles. The Morgan fingerprint density at radius 3 is 2.80 bits per heavy atom. The summed E-state index contributed by atoms with van der Waals surface area (Å²) < 4.78 is 0. The smallest absolute Gasteiger partial charge is 0.204 e. The molecule has 0 saturated heterocycles. The number of rotatable bonds is 0. The Labute approximate surface area is 87.4 Å². The van der Waals surface area contributed by atoms with Gasteiger partial charge >= 0.3 is 0 Å². The van der Waals surface area contributed by atoms with Crippen LogP contribution in [0.2, 0.25) is 0 Å². The van der Waals surface area contributed by atoms with Crippen LogP contribution in [0.25, 0.3) is 5.57 Å². The van der Waals surface area contributed by atoms with Crippen LogP contribution in [0.4, 0.5) is 5.69 Å². The summed E-state index contributed by atoms with van der Waals surface area (Å²) in [5.74, 6) is -0.00120. The van der Waals surface area contributed by atoms with Gasteiger partial charge in [0.05, 0.1) is 5.69 Å². The molecule has 1 aromatic carbocycles. The molecule has 3 nitrogen and oxygen atoms in total. The van der Waals surface area contributed by atoms with E-state index in [4.69, 9.17) is 0 Å². The van der Waals surface area contributed by atoms with E-state index in [2.05, 4.69) is 4.99 Å². The predicted molar refractivity (Wildman–Crippen MR) is 60.7 cm³/mol. The minimum Gasteiger partial charge on any atom is -0.344 e. The van der Waals surface area contributed by atoms with Crippen molar-refractivity contribution in [2.75, 3.05) is 0 Å². The second-order valence-electron chi connectivity index (χ2n) is 3.28. The first-order chi connectivity index (χ1) is 6.86. The lowest BCUT2D eigenvalue weighted by Gasteiger charge is -2.03. The van der Waals surface area contributed by atoms with Crippen molar-refractivity contribution in [2.24, 2.45) is 4.99 Å². The van der Waals surface area contributed by atoms with E-state index in [0.717, 1.165) is 16.8 Å². The number of carbonyl (C=O) groups is 1. The molecule has 15 heavy (non-hydrogen) atoms. The van der Waals surface area contributed by atoms with Gasteiger partial charge in [-0.2, -0.15) is 0 Å². The zero-order valence-corrected chi connectivity index (χ0v) is 8.10. The SMILES string of the molecule is N.O=C1C=CC=C2C1=Nc1ccccc12. The highest BCUT2D eigenvalue weighted by atomic mass is 16.1. The van der Waals surface area contributed by atoms with Crippen LogP contribution in [0.3, 0.4) is 0 Å². The summed E-state index contributed by atoms with van der Waals surface area (Å²) >= 11 is 0. The van der Waals surface area contributed by atoms with E-state index in [1.165, 1.54) is 0 Å². The predicted octanol–water partition coefficient (Wildman–Crippen LogP) is 2.46. The molecule has 0 spiro atoms. The van der Waals surface area contributed by atoms with E-state index >= 15 is 0 Å². The van der Waals surface area contributed by atoms with Gasteiger partial charge in [0, 0.05) is 11.1 Å². The van der Waals surface area contributed by atoms with Gasteiger partial charge in [0.25, 0.3) is 0 Å². The highest BCUT2D eigenvalue weighted by molar-refractivity contribution is 6.62. The van der Waals surface area contributed by atoms with Crippen molar-refractivity contribution in [2.45, 2.75) is 0 Å². The summed E-state index contributed by atoms with van der Waals surface area (Å²) in [6.45, 7) is 0. The third kappa shape index (κ3) is 1.25. The molecule has 0 bridgehead atoms. The van der Waals surface area contributed by atoms with Crippen LogP contribution in [0, 0.1) is 0 Å². The number of ketones is 1. The van der Waals surface area contributed by atoms with Gasteiger partial charge < -0.3 is 6.15 Å². The van der Waals surface area contributed by atoms with E-state index in [0.29, 0.717) is 5.71 Å². The molecule has 1 aliphatic carbocycles. The van der Waals surface area contributed by atoms with Gasteiger partial charge in [-0.3, -0.25) is 4.79 Å². The number of allylic oxidation sites excluding steroid dienone is 4. The van der Waals surface area contributed by atoms with Crippen molar-refractivity contribution in [1.29, 1.82) is 0 Å². The highest BCUT2D eigenvalue weighted by Crippen LogP contribution is 2.35. The fourth-order valence-corrected chi connectivity index (χ4v) is 1.77. The highest BCUT2D eigenvalue weighted by Gasteiger charge is 2.25. The Morgan fingerprint density at radius 2 is 1.93 bits per heavy atom. The van der Waals surface area contributed by atoms with Crippen molar-refractivity contribution < 1.29 is 4.79 Å². The van der Waals surface area contributed by atoms with Crippen molar-refractivity contribution in [1.82, 2.24) is 6.15 Å². The Bertz CT molecular complexity index is 524. The van der Waals surface area contributed by atoms with E-state index in [-0.39, 0.29) is 11.9 Å². The summed E-state index contributed by atoms with van der Waals surface area (Å²) in [7, 11) is 0. The number of aliphatic imine (C=N–C) groups is 1. The number of benzene rings is 1. The number of nitrogens with zero attached hydrogens (tertiary/aromatic N) is 1. The molecule has 2 aliphatic rings. The zero-order valence-electron chi connectivity index (χ0n) is 8.10. The second-order valence-corrected chi connectivity index (χ2v) is 3.28. The molecule has 0 amide bonds. The van der Waals surface area contributed by atoms with Gasteiger partial charge in [0.1, 0.15) is 5.71 Å². The molecule has 3 rings (SSSR count). The third-order valence-electron chi connectivity index (χ3n) is 2.43. The van der Waals surface area contributed by atoms with Crippen LogP contribution in [-0.2, 0) is 4.79 Å². The minimum absolute atomic E-state index is 0. The Balaban J connectivity index is 0.000000853. The summed E-state index contributed by atoms with van der Waals surface area (Å²) in [6.07, 6.45) is 5.26. The first-order valence-electron chi connectivity index (χ1n) is 4.47. The average Bonchev–Trinajstić information content (AvgIpc) is 2.59. The first-order valence-corrected chi connectivity index (χ1v) is 4.47. The standard InChI is InChI=1S/C12H7NO.H3N/c14-11-7-3-5-9-8-4-1-2-6-10(8)13-12(9)11;/h1-7H;1H3. The quantitative estimate of drug-likeness (QED) is 0.651. The van der Waals surface area contributed by atoms with Crippen molar-refractivity contribution in [3.8, 4) is 0 Å². The second kappa shape index (κ2) is 3.29. The minimum atomic E-state index is -0.00120. The molecule has 1 aromatic rings. The van der Waals surface area contributed by atoms with Crippen molar-refractivity contribution >= 4 is 22.8 Å². The number of hydrogen-bond donors (Lipinski definition) is 1. The van der Waals surface area contributed by atoms with Crippen molar-refractivity contribution in [3.05, 3.63) is 48.1 Å². The molecule has 0 fully saturated rings. The van der Waals surface area contributed by atoms with E-state index < -0.39 is 0 Å².